The molecule has 42 valence electrons. The van der Waals surface area contributed by atoms with E-state index in [0.717, 1.165) is 13.1 Å². The second-order valence-electron chi connectivity index (χ2n) is 1.55. The Balaban J connectivity index is 2.14. The van der Waals surface area contributed by atoms with Crippen LogP contribution in [0.25, 0.3) is 0 Å². The molecule has 0 bridgehead atoms. The van der Waals surface area contributed by atoms with Crippen molar-refractivity contribution in [1.29, 1.82) is 0 Å². The molecule has 0 aromatic carbocycles. The highest BCUT2D eigenvalue weighted by Crippen LogP contribution is 2.10. The fraction of sp³-hybridized carbons (Fsp3) is 1.00. The molecule has 7 heavy (non-hydrogen) atoms. The van der Waals surface area contributed by atoms with Crippen molar-refractivity contribution >= 4 is 11.8 Å². The summed E-state index contributed by atoms with van der Waals surface area (Å²) in [6, 6.07) is 0. The summed E-state index contributed by atoms with van der Waals surface area (Å²) in [5.41, 5.74) is 5.35. The highest BCUT2D eigenvalue weighted by molar-refractivity contribution is 8.00. The van der Waals surface area contributed by atoms with Crippen molar-refractivity contribution in [3.63, 3.8) is 0 Å². The third kappa shape index (κ3) is 1.33. The average Bonchev–Trinajstić information content (AvgIpc) is 2.14. The minimum absolute atomic E-state index is 0.542. The first-order valence-electron chi connectivity index (χ1n) is 2.48. The zero-order chi connectivity index (χ0) is 5.11. The van der Waals surface area contributed by atoms with Crippen LogP contribution < -0.4 is 11.1 Å². The molecule has 1 aliphatic rings. The number of thioether (sulfide) groups is 1. The number of hydrogen-bond donors (Lipinski definition) is 2. The van der Waals surface area contributed by atoms with Crippen LogP contribution in [-0.4, -0.2) is 24.2 Å². The first kappa shape index (κ1) is 5.41. The van der Waals surface area contributed by atoms with Crippen molar-refractivity contribution in [2.45, 2.75) is 5.37 Å². The molecule has 0 spiro atoms. The van der Waals surface area contributed by atoms with Gasteiger partial charge in [-0.15, -0.1) is 11.8 Å². The number of nitrogens with two attached hydrogens (primary N) is 1. The van der Waals surface area contributed by atoms with E-state index in [-0.39, 0.29) is 0 Å². The molecule has 1 rings (SSSR count). The van der Waals surface area contributed by atoms with Crippen LogP contribution >= 0.6 is 11.8 Å². The van der Waals surface area contributed by atoms with Gasteiger partial charge in [0.1, 0.15) is 0 Å². The summed E-state index contributed by atoms with van der Waals surface area (Å²) in [4.78, 5) is 0. The maximum atomic E-state index is 5.35. The van der Waals surface area contributed by atoms with Crippen molar-refractivity contribution in [2.24, 2.45) is 5.73 Å². The lowest BCUT2D eigenvalue weighted by atomic mass is 10.6. The van der Waals surface area contributed by atoms with Gasteiger partial charge in [-0.3, -0.25) is 0 Å². The third-order valence-corrected chi connectivity index (χ3v) is 2.21. The van der Waals surface area contributed by atoms with Crippen LogP contribution in [0.4, 0.5) is 0 Å². The molecule has 1 saturated heterocycles. The Morgan fingerprint density at radius 1 is 1.86 bits per heavy atom. The quantitative estimate of drug-likeness (QED) is 0.492. The van der Waals surface area contributed by atoms with E-state index in [1.807, 2.05) is 11.8 Å². The molecule has 0 radical (unpaired) electrons. The smallest absolute Gasteiger partial charge is 0.0657 e. The first-order valence-corrected chi connectivity index (χ1v) is 3.53. The minimum atomic E-state index is 0.542. The highest BCUT2D eigenvalue weighted by atomic mass is 32.2. The van der Waals surface area contributed by atoms with Crippen molar-refractivity contribution in [3.05, 3.63) is 0 Å². The van der Waals surface area contributed by atoms with Gasteiger partial charge in [0.15, 0.2) is 0 Å². The molecule has 0 aromatic rings. The van der Waals surface area contributed by atoms with Gasteiger partial charge in [0.05, 0.1) is 5.37 Å². The molecule has 0 saturated carbocycles. The van der Waals surface area contributed by atoms with Crippen molar-refractivity contribution in [1.82, 2.24) is 5.32 Å². The van der Waals surface area contributed by atoms with E-state index in [9.17, 15) is 0 Å². The summed E-state index contributed by atoms with van der Waals surface area (Å²) in [5, 5.41) is 3.79. The van der Waals surface area contributed by atoms with Gasteiger partial charge in [0.25, 0.3) is 0 Å². The minimum Gasteiger partial charge on any atom is -0.328 e. The fourth-order valence-corrected chi connectivity index (χ4v) is 1.52. The molecule has 3 heteroatoms. The molecule has 1 atom stereocenters. The van der Waals surface area contributed by atoms with Crippen molar-refractivity contribution in [2.75, 3.05) is 18.8 Å². The molecule has 1 fully saturated rings. The molecule has 1 heterocycles. The average molecular weight is 118 g/mol. The standard InChI is InChI=1S/C4H10N2S/c5-3-4-6-1-2-7-4/h4,6H,1-3,5H2. The van der Waals surface area contributed by atoms with Gasteiger partial charge >= 0.3 is 0 Å². The summed E-state index contributed by atoms with van der Waals surface area (Å²) < 4.78 is 0. The van der Waals surface area contributed by atoms with Gasteiger partial charge in [-0.05, 0) is 0 Å². The maximum absolute atomic E-state index is 5.35. The van der Waals surface area contributed by atoms with Gasteiger partial charge in [0.2, 0.25) is 0 Å². The van der Waals surface area contributed by atoms with E-state index in [0.29, 0.717) is 5.37 Å². The second-order valence-corrected chi connectivity index (χ2v) is 2.86. The second kappa shape index (κ2) is 2.55. The van der Waals surface area contributed by atoms with Crippen LogP contribution in [0.3, 0.4) is 0 Å². The molecule has 1 unspecified atom stereocenters. The normalized spacial score (nSPS) is 31.3. The van der Waals surface area contributed by atoms with E-state index >= 15 is 0 Å². The largest absolute Gasteiger partial charge is 0.328 e. The van der Waals surface area contributed by atoms with Crippen LogP contribution in [0.1, 0.15) is 0 Å². The van der Waals surface area contributed by atoms with Crippen LogP contribution in [0, 0.1) is 0 Å². The third-order valence-electron chi connectivity index (χ3n) is 1.01. The van der Waals surface area contributed by atoms with E-state index in [1.54, 1.807) is 0 Å². The van der Waals surface area contributed by atoms with Gasteiger partial charge < -0.3 is 11.1 Å². The lowest BCUT2D eigenvalue weighted by Crippen LogP contribution is -2.27. The summed E-state index contributed by atoms with van der Waals surface area (Å²) in [7, 11) is 0. The predicted molar refractivity (Wildman–Crippen MR) is 33.3 cm³/mol. The zero-order valence-electron chi connectivity index (χ0n) is 4.18. The van der Waals surface area contributed by atoms with E-state index in [4.69, 9.17) is 5.73 Å². The molecule has 3 N–H and O–H groups in total. The van der Waals surface area contributed by atoms with Gasteiger partial charge in [-0.2, -0.15) is 0 Å². The topological polar surface area (TPSA) is 38.0 Å². The Bertz CT molecular complexity index is 51.7. The van der Waals surface area contributed by atoms with Gasteiger partial charge in [-0.1, -0.05) is 0 Å². The molecule has 0 amide bonds. The van der Waals surface area contributed by atoms with E-state index in [1.165, 1.54) is 5.75 Å². The van der Waals surface area contributed by atoms with E-state index < -0.39 is 0 Å². The predicted octanol–water partition coefficient (Wildman–Crippen LogP) is -0.392. The monoisotopic (exact) mass is 118 g/mol. The number of rotatable bonds is 1. The molecule has 0 aliphatic carbocycles. The van der Waals surface area contributed by atoms with Gasteiger partial charge in [0, 0.05) is 18.8 Å². The first-order chi connectivity index (χ1) is 3.43. The summed E-state index contributed by atoms with van der Waals surface area (Å²) >= 11 is 1.91. The van der Waals surface area contributed by atoms with Crippen LogP contribution in [0.5, 0.6) is 0 Å². The van der Waals surface area contributed by atoms with Gasteiger partial charge in [-0.25, -0.2) is 0 Å². The SMILES string of the molecule is NCC1NCCS1. The molecular formula is C4H10N2S. The lowest BCUT2D eigenvalue weighted by molar-refractivity contribution is 0.717. The fourth-order valence-electron chi connectivity index (χ4n) is 0.631. The van der Waals surface area contributed by atoms with E-state index in [2.05, 4.69) is 5.32 Å². The summed E-state index contributed by atoms with van der Waals surface area (Å²) in [5.74, 6) is 1.22. The zero-order valence-corrected chi connectivity index (χ0v) is 5.00. The highest BCUT2D eigenvalue weighted by Gasteiger charge is 2.10. The lowest BCUT2D eigenvalue weighted by Gasteiger charge is -2.01. The van der Waals surface area contributed by atoms with Crippen LogP contribution in [0.15, 0.2) is 0 Å². The Morgan fingerprint density at radius 3 is 3.00 bits per heavy atom. The molecular weight excluding hydrogens is 108 g/mol. The Morgan fingerprint density at radius 2 is 2.71 bits per heavy atom. The summed E-state index contributed by atoms with van der Waals surface area (Å²) in [6.45, 7) is 1.90. The van der Waals surface area contributed by atoms with Crippen molar-refractivity contribution in [3.8, 4) is 0 Å². The van der Waals surface area contributed by atoms with Crippen LogP contribution in [0.2, 0.25) is 0 Å². The number of nitrogens with one attached hydrogen (secondary N) is 1. The Hall–Kier alpha value is 0.270. The number of hydrogen-bond acceptors (Lipinski definition) is 3. The molecule has 2 nitrogen and oxygen atoms in total. The Labute approximate surface area is 47.8 Å². The molecule has 1 aliphatic heterocycles. The van der Waals surface area contributed by atoms with Crippen molar-refractivity contribution < 1.29 is 0 Å². The maximum Gasteiger partial charge on any atom is 0.0657 e. The molecule has 0 aromatic heterocycles. The van der Waals surface area contributed by atoms with Crippen LogP contribution in [-0.2, 0) is 0 Å². The summed E-state index contributed by atoms with van der Waals surface area (Å²) in [6.07, 6.45) is 0. The Kier molecular flexibility index (Phi) is 1.97.